The van der Waals surface area contributed by atoms with Crippen LogP contribution in [0.4, 0.5) is 0 Å². The van der Waals surface area contributed by atoms with E-state index in [0.717, 1.165) is 19.3 Å². The SMILES string of the molecule is CCCC(CC)C(C)C(C(=O)O)C(N)C(=O)O. The molecule has 4 atom stereocenters. The topological polar surface area (TPSA) is 101 Å². The fourth-order valence-corrected chi connectivity index (χ4v) is 2.36. The molecule has 0 saturated carbocycles. The zero-order chi connectivity index (χ0) is 13.6. The van der Waals surface area contributed by atoms with Crippen molar-refractivity contribution in [3.05, 3.63) is 0 Å². The van der Waals surface area contributed by atoms with Crippen LogP contribution in [-0.4, -0.2) is 28.2 Å². The van der Waals surface area contributed by atoms with Gasteiger partial charge in [0.2, 0.25) is 0 Å². The van der Waals surface area contributed by atoms with Gasteiger partial charge in [0.1, 0.15) is 6.04 Å². The smallest absolute Gasteiger partial charge is 0.321 e. The van der Waals surface area contributed by atoms with Gasteiger partial charge in [-0.2, -0.15) is 0 Å². The minimum atomic E-state index is -1.34. The predicted molar refractivity (Wildman–Crippen MR) is 64.6 cm³/mol. The highest BCUT2D eigenvalue weighted by molar-refractivity contribution is 5.82. The van der Waals surface area contributed by atoms with Crippen LogP contribution >= 0.6 is 0 Å². The van der Waals surface area contributed by atoms with E-state index in [2.05, 4.69) is 0 Å². The second-order valence-corrected chi connectivity index (χ2v) is 4.54. The van der Waals surface area contributed by atoms with Crippen LogP contribution in [0.2, 0.25) is 0 Å². The molecule has 0 bridgehead atoms. The molecule has 4 unspecified atom stereocenters. The number of rotatable bonds is 8. The normalized spacial score (nSPS) is 18.1. The first-order chi connectivity index (χ1) is 7.86. The lowest BCUT2D eigenvalue weighted by atomic mass is 9.76. The van der Waals surface area contributed by atoms with E-state index in [1.54, 1.807) is 6.92 Å². The molecule has 0 aromatic carbocycles. The highest BCUT2D eigenvalue weighted by Gasteiger charge is 2.37. The number of hydrogen-bond acceptors (Lipinski definition) is 3. The fraction of sp³-hybridized carbons (Fsp3) is 0.833. The Balaban J connectivity index is 4.92. The molecular formula is C12H23NO4. The van der Waals surface area contributed by atoms with Gasteiger partial charge in [0, 0.05) is 0 Å². The second-order valence-electron chi connectivity index (χ2n) is 4.54. The molecule has 5 nitrogen and oxygen atoms in total. The van der Waals surface area contributed by atoms with Crippen molar-refractivity contribution in [3.8, 4) is 0 Å². The van der Waals surface area contributed by atoms with Crippen LogP contribution in [0.25, 0.3) is 0 Å². The monoisotopic (exact) mass is 245 g/mol. The van der Waals surface area contributed by atoms with Crippen molar-refractivity contribution in [2.75, 3.05) is 0 Å². The van der Waals surface area contributed by atoms with Gasteiger partial charge in [-0.25, -0.2) is 0 Å². The zero-order valence-electron chi connectivity index (χ0n) is 10.7. The second kappa shape index (κ2) is 7.27. The van der Waals surface area contributed by atoms with E-state index in [0.29, 0.717) is 0 Å². The van der Waals surface area contributed by atoms with Crippen molar-refractivity contribution < 1.29 is 19.8 Å². The van der Waals surface area contributed by atoms with E-state index in [-0.39, 0.29) is 11.8 Å². The lowest BCUT2D eigenvalue weighted by Gasteiger charge is -2.29. The summed E-state index contributed by atoms with van der Waals surface area (Å²) in [6.45, 7) is 5.80. The molecule has 0 aromatic heterocycles. The molecule has 0 saturated heterocycles. The Bertz CT molecular complexity index is 267. The highest BCUT2D eigenvalue weighted by atomic mass is 16.4. The Morgan fingerprint density at radius 1 is 1.18 bits per heavy atom. The van der Waals surface area contributed by atoms with Crippen LogP contribution in [0.15, 0.2) is 0 Å². The molecule has 0 rings (SSSR count). The lowest BCUT2D eigenvalue weighted by Crippen LogP contribution is -2.46. The van der Waals surface area contributed by atoms with Crippen LogP contribution in [0.3, 0.4) is 0 Å². The summed E-state index contributed by atoms with van der Waals surface area (Å²) in [6, 6.07) is -1.34. The maximum Gasteiger partial charge on any atom is 0.321 e. The average Bonchev–Trinajstić information content (AvgIpc) is 2.24. The third-order valence-electron chi connectivity index (χ3n) is 3.45. The van der Waals surface area contributed by atoms with Crippen molar-refractivity contribution in [1.82, 2.24) is 0 Å². The van der Waals surface area contributed by atoms with Gasteiger partial charge in [-0.05, 0) is 11.8 Å². The van der Waals surface area contributed by atoms with Crippen molar-refractivity contribution in [2.24, 2.45) is 23.5 Å². The van der Waals surface area contributed by atoms with Gasteiger partial charge >= 0.3 is 11.9 Å². The van der Waals surface area contributed by atoms with Crippen LogP contribution in [0.5, 0.6) is 0 Å². The minimum Gasteiger partial charge on any atom is -0.481 e. The maximum absolute atomic E-state index is 11.2. The van der Waals surface area contributed by atoms with Gasteiger partial charge in [-0.15, -0.1) is 0 Å². The summed E-state index contributed by atoms with van der Waals surface area (Å²) in [5.41, 5.74) is 5.47. The van der Waals surface area contributed by atoms with E-state index in [4.69, 9.17) is 15.9 Å². The molecule has 0 fully saturated rings. The van der Waals surface area contributed by atoms with Gasteiger partial charge < -0.3 is 15.9 Å². The third kappa shape index (κ3) is 4.34. The van der Waals surface area contributed by atoms with Crippen molar-refractivity contribution in [2.45, 2.75) is 46.1 Å². The number of hydrogen-bond donors (Lipinski definition) is 3. The van der Waals surface area contributed by atoms with Crippen LogP contribution in [-0.2, 0) is 9.59 Å². The van der Waals surface area contributed by atoms with Crippen molar-refractivity contribution in [3.63, 3.8) is 0 Å². The molecule has 0 aromatic rings. The van der Waals surface area contributed by atoms with E-state index < -0.39 is 23.9 Å². The summed E-state index contributed by atoms with van der Waals surface area (Å²) < 4.78 is 0. The first kappa shape index (κ1) is 15.9. The van der Waals surface area contributed by atoms with Crippen LogP contribution < -0.4 is 5.73 Å². The Kier molecular flexibility index (Phi) is 6.80. The van der Waals surface area contributed by atoms with E-state index in [9.17, 15) is 9.59 Å². The first-order valence-corrected chi connectivity index (χ1v) is 6.07. The summed E-state index contributed by atoms with van der Waals surface area (Å²) in [7, 11) is 0. The molecule has 5 heteroatoms. The average molecular weight is 245 g/mol. The largest absolute Gasteiger partial charge is 0.481 e. The summed E-state index contributed by atoms with van der Waals surface area (Å²) >= 11 is 0. The summed E-state index contributed by atoms with van der Waals surface area (Å²) in [6.07, 6.45) is 2.69. The number of carbonyl (C=O) groups is 2. The molecule has 4 N–H and O–H groups in total. The third-order valence-corrected chi connectivity index (χ3v) is 3.45. The number of carboxylic acid groups (broad SMARTS) is 2. The number of carboxylic acids is 2. The van der Waals surface area contributed by atoms with E-state index in [1.807, 2.05) is 13.8 Å². The molecule has 0 spiro atoms. The lowest BCUT2D eigenvalue weighted by molar-refractivity contribution is -0.152. The van der Waals surface area contributed by atoms with Crippen molar-refractivity contribution >= 4 is 11.9 Å². The fourth-order valence-electron chi connectivity index (χ4n) is 2.36. The first-order valence-electron chi connectivity index (χ1n) is 6.07. The minimum absolute atomic E-state index is 0.200. The molecular weight excluding hydrogens is 222 g/mol. The van der Waals surface area contributed by atoms with Gasteiger partial charge in [0.05, 0.1) is 5.92 Å². The van der Waals surface area contributed by atoms with E-state index in [1.165, 1.54) is 0 Å². The van der Waals surface area contributed by atoms with Gasteiger partial charge in [0.15, 0.2) is 0 Å². The van der Waals surface area contributed by atoms with Crippen LogP contribution in [0.1, 0.15) is 40.0 Å². The molecule has 0 heterocycles. The van der Waals surface area contributed by atoms with Crippen LogP contribution in [0, 0.1) is 17.8 Å². The number of aliphatic carboxylic acids is 2. The van der Waals surface area contributed by atoms with Crippen molar-refractivity contribution in [1.29, 1.82) is 0 Å². The van der Waals surface area contributed by atoms with E-state index >= 15 is 0 Å². The molecule has 0 radical (unpaired) electrons. The predicted octanol–water partition coefficient (Wildman–Crippen LogP) is 1.56. The maximum atomic E-state index is 11.2. The Labute approximate surface area is 102 Å². The summed E-state index contributed by atoms with van der Waals surface area (Å²) in [5, 5.41) is 18.0. The molecule has 17 heavy (non-hydrogen) atoms. The standard InChI is InChI=1S/C12H23NO4/c1-4-6-8(5-2)7(3)9(11(14)15)10(13)12(16)17/h7-10H,4-6,13H2,1-3H3,(H,14,15)(H,16,17). The molecule has 0 amide bonds. The van der Waals surface area contributed by atoms with Gasteiger partial charge in [-0.1, -0.05) is 40.0 Å². The molecule has 0 aliphatic carbocycles. The Hall–Kier alpha value is -1.10. The number of nitrogens with two attached hydrogens (primary N) is 1. The highest BCUT2D eigenvalue weighted by Crippen LogP contribution is 2.29. The molecule has 100 valence electrons. The van der Waals surface area contributed by atoms with Gasteiger partial charge in [-0.3, -0.25) is 9.59 Å². The Morgan fingerprint density at radius 3 is 2.00 bits per heavy atom. The molecule has 0 aliphatic rings. The summed E-state index contributed by atoms with van der Waals surface area (Å²) in [5.74, 6) is -3.43. The van der Waals surface area contributed by atoms with Gasteiger partial charge in [0.25, 0.3) is 0 Å². The molecule has 0 aliphatic heterocycles. The summed E-state index contributed by atoms with van der Waals surface area (Å²) in [4.78, 5) is 22.0. The Morgan fingerprint density at radius 2 is 1.71 bits per heavy atom. The quantitative estimate of drug-likeness (QED) is 0.602. The zero-order valence-corrected chi connectivity index (χ0v) is 10.7.